The summed E-state index contributed by atoms with van der Waals surface area (Å²) in [5, 5.41) is 19.6. The molecular weight excluding hydrogens is 545 g/mol. The van der Waals surface area contributed by atoms with Gasteiger partial charge in [0.1, 0.15) is 5.75 Å². The number of carboxylic acids is 2. The first-order valence-electron chi connectivity index (χ1n) is 12.1. The highest BCUT2D eigenvalue weighted by Gasteiger charge is 2.38. The van der Waals surface area contributed by atoms with Crippen molar-refractivity contribution in [3.05, 3.63) is 58.4 Å². The van der Waals surface area contributed by atoms with Crippen LogP contribution in [0.2, 0.25) is 5.02 Å². The lowest BCUT2D eigenvalue weighted by Crippen LogP contribution is -2.29. The summed E-state index contributed by atoms with van der Waals surface area (Å²) in [7, 11) is 0. The van der Waals surface area contributed by atoms with Gasteiger partial charge in [-0.25, -0.2) is 9.59 Å². The summed E-state index contributed by atoms with van der Waals surface area (Å²) >= 11 is 6.32. The largest absolute Gasteiger partial charge is 0.490 e. The highest BCUT2D eigenvalue weighted by Crippen LogP contribution is 2.27. The minimum absolute atomic E-state index is 0.187. The summed E-state index contributed by atoms with van der Waals surface area (Å²) in [6, 6.07) is 8.60. The molecule has 1 heterocycles. The van der Waals surface area contributed by atoms with Gasteiger partial charge in [-0.1, -0.05) is 11.6 Å². The summed E-state index contributed by atoms with van der Waals surface area (Å²) in [4.78, 5) is 37.2. The molecule has 0 bridgehead atoms. The monoisotopic (exact) mass is 574 g/mol. The third-order valence-electron chi connectivity index (χ3n) is 5.48. The van der Waals surface area contributed by atoms with Gasteiger partial charge in [-0.05, 0) is 75.4 Å². The van der Waals surface area contributed by atoms with Gasteiger partial charge in [0.05, 0.1) is 35.0 Å². The highest BCUT2D eigenvalue weighted by atomic mass is 35.5. The number of alkyl halides is 3. The maximum atomic E-state index is 12.6. The number of nitrogens with one attached hydrogen (secondary N) is 1. The van der Waals surface area contributed by atoms with E-state index in [4.69, 9.17) is 31.0 Å². The molecule has 1 saturated carbocycles. The van der Waals surface area contributed by atoms with E-state index in [9.17, 15) is 27.9 Å². The Balaban J connectivity index is 0.000000673. The molecule has 39 heavy (non-hydrogen) atoms. The molecular formula is C26H30ClF3N2O7. The summed E-state index contributed by atoms with van der Waals surface area (Å²) < 4.78 is 43.1. The van der Waals surface area contributed by atoms with Crippen molar-refractivity contribution in [1.82, 2.24) is 10.3 Å². The van der Waals surface area contributed by atoms with E-state index in [1.165, 1.54) is 12.8 Å². The van der Waals surface area contributed by atoms with E-state index in [2.05, 4.69) is 10.3 Å². The molecule has 13 heteroatoms. The number of aromatic nitrogens is 1. The number of rotatable bonds is 10. The van der Waals surface area contributed by atoms with Gasteiger partial charge in [-0.2, -0.15) is 13.2 Å². The minimum Gasteiger partial charge on any atom is -0.490 e. The average molecular weight is 575 g/mol. The van der Waals surface area contributed by atoms with E-state index in [1.54, 1.807) is 50.4 Å². The number of carbonyl (C=O) groups excluding carboxylic acids is 1. The van der Waals surface area contributed by atoms with Crippen molar-refractivity contribution < 1.29 is 47.2 Å². The van der Waals surface area contributed by atoms with Crippen LogP contribution in [0, 0.1) is 0 Å². The smallest absolute Gasteiger partial charge is 0.490 e. The van der Waals surface area contributed by atoms with Gasteiger partial charge in [0.25, 0.3) is 5.91 Å². The molecule has 0 aliphatic heterocycles. The van der Waals surface area contributed by atoms with Gasteiger partial charge in [-0.3, -0.25) is 9.78 Å². The Morgan fingerprint density at radius 2 is 1.77 bits per heavy atom. The minimum atomic E-state index is -5.08. The number of nitrogens with zero attached hydrogens (tertiary/aromatic N) is 1. The van der Waals surface area contributed by atoms with Crippen molar-refractivity contribution in [2.45, 2.75) is 77.0 Å². The van der Waals surface area contributed by atoms with E-state index in [0.29, 0.717) is 22.0 Å². The van der Waals surface area contributed by atoms with Crippen LogP contribution in [0.15, 0.2) is 36.5 Å². The second kappa shape index (κ2) is 14.7. The van der Waals surface area contributed by atoms with Crippen molar-refractivity contribution >= 4 is 29.4 Å². The van der Waals surface area contributed by atoms with Crippen LogP contribution in [-0.2, 0) is 27.3 Å². The predicted octanol–water partition coefficient (Wildman–Crippen LogP) is 5.04. The molecule has 214 valence electrons. The number of aliphatic carboxylic acids is 2. The third-order valence-corrected chi connectivity index (χ3v) is 5.79. The molecule has 2 aromatic rings. The fraction of sp³-hybridized carbons (Fsp3) is 0.462. The first-order valence-corrected chi connectivity index (χ1v) is 12.5. The normalized spacial score (nSPS) is 14.3. The molecule has 1 aliphatic carbocycles. The standard InChI is InChI=1S/C24H29ClN2O5.C2HF3O2/c1-15(2)31-22(24(29)30)12-16-9-10-26-17(11-16)14-27-23(28)20-8-7-19(13-21(20)25)32-18-5-3-4-6-18;3-2(4,5)1(6)7/h7-11,13,15,18,22H,3-6,12,14H2,1-2H3,(H,27,28)(H,29,30);(H,6,7). The van der Waals surface area contributed by atoms with E-state index in [0.717, 1.165) is 18.4 Å². The Morgan fingerprint density at radius 1 is 1.13 bits per heavy atom. The average Bonchev–Trinajstić information content (AvgIpc) is 3.35. The van der Waals surface area contributed by atoms with E-state index in [-0.39, 0.29) is 31.1 Å². The van der Waals surface area contributed by atoms with Crippen molar-refractivity contribution in [2.75, 3.05) is 0 Å². The lowest BCUT2D eigenvalue weighted by atomic mass is 10.1. The van der Waals surface area contributed by atoms with Gasteiger partial charge < -0.3 is 25.0 Å². The Labute approximate surface area is 228 Å². The number of carboxylic acid groups (broad SMARTS) is 2. The maximum Gasteiger partial charge on any atom is 0.490 e. The Bertz CT molecular complexity index is 1140. The molecule has 3 rings (SSSR count). The molecule has 1 fully saturated rings. The fourth-order valence-electron chi connectivity index (χ4n) is 3.71. The highest BCUT2D eigenvalue weighted by molar-refractivity contribution is 6.34. The van der Waals surface area contributed by atoms with Crippen LogP contribution in [0.3, 0.4) is 0 Å². The van der Waals surface area contributed by atoms with Crippen LogP contribution < -0.4 is 10.1 Å². The van der Waals surface area contributed by atoms with Crippen LogP contribution in [0.1, 0.15) is 61.1 Å². The summed E-state index contributed by atoms with van der Waals surface area (Å²) in [5.41, 5.74) is 1.74. The molecule has 0 spiro atoms. The van der Waals surface area contributed by atoms with Gasteiger partial charge in [0.15, 0.2) is 6.10 Å². The molecule has 1 unspecified atom stereocenters. The molecule has 1 aromatic heterocycles. The van der Waals surface area contributed by atoms with Crippen LogP contribution in [0.5, 0.6) is 5.75 Å². The first-order chi connectivity index (χ1) is 18.3. The lowest BCUT2D eigenvalue weighted by molar-refractivity contribution is -0.192. The number of hydrogen-bond acceptors (Lipinski definition) is 6. The van der Waals surface area contributed by atoms with Crippen molar-refractivity contribution in [1.29, 1.82) is 0 Å². The molecule has 1 atom stereocenters. The Kier molecular flexibility index (Phi) is 12.0. The van der Waals surface area contributed by atoms with Crippen molar-refractivity contribution in [3.63, 3.8) is 0 Å². The topological polar surface area (TPSA) is 135 Å². The SMILES string of the molecule is CC(C)OC(Cc1ccnc(CNC(=O)c2ccc(OC3CCCC3)cc2Cl)c1)C(=O)O.O=C(O)C(F)(F)F. The number of benzene rings is 1. The summed E-state index contributed by atoms with van der Waals surface area (Å²) in [6.45, 7) is 3.77. The summed E-state index contributed by atoms with van der Waals surface area (Å²) in [6.07, 6.45) is 0.242. The molecule has 0 saturated heterocycles. The van der Waals surface area contributed by atoms with Crippen LogP contribution >= 0.6 is 11.6 Å². The third kappa shape index (κ3) is 11.1. The summed E-state index contributed by atoms with van der Waals surface area (Å²) in [5.74, 6) is -3.42. The first kappa shape index (κ1) is 31.8. The quantitative estimate of drug-likeness (QED) is 0.359. The van der Waals surface area contributed by atoms with E-state index in [1.807, 2.05) is 0 Å². The zero-order valence-corrected chi connectivity index (χ0v) is 22.1. The zero-order valence-electron chi connectivity index (χ0n) is 21.3. The molecule has 1 aliphatic rings. The van der Waals surface area contributed by atoms with E-state index < -0.39 is 24.2 Å². The molecule has 0 radical (unpaired) electrons. The predicted molar refractivity (Wildman–Crippen MR) is 135 cm³/mol. The van der Waals surface area contributed by atoms with Gasteiger partial charge in [0, 0.05) is 12.6 Å². The lowest BCUT2D eigenvalue weighted by Gasteiger charge is -2.17. The van der Waals surface area contributed by atoms with Crippen LogP contribution in [0.4, 0.5) is 13.2 Å². The fourth-order valence-corrected chi connectivity index (χ4v) is 3.96. The molecule has 1 amide bonds. The Morgan fingerprint density at radius 3 is 2.31 bits per heavy atom. The number of pyridine rings is 1. The molecule has 3 N–H and O–H groups in total. The van der Waals surface area contributed by atoms with E-state index >= 15 is 0 Å². The maximum absolute atomic E-state index is 12.6. The second-order valence-electron chi connectivity index (χ2n) is 9.02. The number of halogens is 4. The Hall–Kier alpha value is -3.38. The van der Waals surface area contributed by atoms with Gasteiger partial charge >= 0.3 is 18.1 Å². The van der Waals surface area contributed by atoms with Crippen LogP contribution in [0.25, 0.3) is 0 Å². The number of carbonyl (C=O) groups is 3. The molecule has 1 aromatic carbocycles. The number of amides is 1. The number of hydrogen-bond donors (Lipinski definition) is 3. The number of ether oxygens (including phenoxy) is 2. The zero-order chi connectivity index (χ0) is 29.2. The van der Waals surface area contributed by atoms with Crippen molar-refractivity contribution in [2.24, 2.45) is 0 Å². The van der Waals surface area contributed by atoms with Gasteiger partial charge in [-0.15, -0.1) is 0 Å². The second-order valence-corrected chi connectivity index (χ2v) is 9.43. The van der Waals surface area contributed by atoms with Crippen LogP contribution in [-0.4, -0.2) is 57.5 Å². The molecule has 9 nitrogen and oxygen atoms in total. The van der Waals surface area contributed by atoms with Crippen molar-refractivity contribution in [3.8, 4) is 5.75 Å². The van der Waals surface area contributed by atoms with Gasteiger partial charge in [0.2, 0.25) is 0 Å².